The summed E-state index contributed by atoms with van der Waals surface area (Å²) < 4.78 is 45.3. The van der Waals surface area contributed by atoms with Crippen molar-refractivity contribution in [3.63, 3.8) is 0 Å². The highest BCUT2D eigenvalue weighted by atomic mass is 32.2. The van der Waals surface area contributed by atoms with Gasteiger partial charge in [-0.15, -0.1) is 0 Å². The van der Waals surface area contributed by atoms with Crippen LogP contribution in [0.2, 0.25) is 0 Å². The van der Waals surface area contributed by atoms with Gasteiger partial charge in [-0.05, 0) is 68.8 Å². The number of carbonyl (C=O) groups excluding carboxylic acids is 1. The first-order valence-corrected chi connectivity index (χ1v) is 13.0. The van der Waals surface area contributed by atoms with Gasteiger partial charge in [0.1, 0.15) is 17.2 Å². The fraction of sp³-hybridized carbons (Fsp3) is 0.296. The zero-order valence-corrected chi connectivity index (χ0v) is 21.8. The Morgan fingerprint density at radius 3 is 2.36 bits per heavy atom. The van der Waals surface area contributed by atoms with E-state index in [1.54, 1.807) is 68.8 Å². The van der Waals surface area contributed by atoms with Crippen LogP contribution < -0.4 is 23.8 Å². The second-order valence-electron chi connectivity index (χ2n) is 8.77. The number of aryl methyl sites for hydroxylation is 2. The number of rotatable bonds is 7. The summed E-state index contributed by atoms with van der Waals surface area (Å²) in [6.07, 6.45) is -1.06. The molecule has 3 aromatic rings. The molecule has 4 rings (SSSR count). The average Bonchev–Trinajstić information content (AvgIpc) is 2.87. The Bertz CT molecular complexity index is 1370. The predicted molar refractivity (Wildman–Crippen MR) is 137 cm³/mol. The van der Waals surface area contributed by atoms with E-state index in [0.717, 1.165) is 16.7 Å². The lowest BCUT2D eigenvalue weighted by atomic mass is 10.1. The summed E-state index contributed by atoms with van der Waals surface area (Å²) in [5.41, 5.74) is 2.96. The highest BCUT2D eigenvalue weighted by Crippen LogP contribution is 2.38. The van der Waals surface area contributed by atoms with E-state index in [0.29, 0.717) is 22.9 Å². The number of sulfonamides is 1. The molecule has 2 unspecified atom stereocenters. The van der Waals surface area contributed by atoms with Crippen molar-refractivity contribution in [3.8, 4) is 17.2 Å². The molecule has 3 aromatic carbocycles. The molecule has 0 bridgehead atoms. The van der Waals surface area contributed by atoms with Crippen LogP contribution >= 0.6 is 0 Å². The fourth-order valence-electron chi connectivity index (χ4n) is 4.12. The van der Waals surface area contributed by atoms with E-state index in [9.17, 15) is 13.2 Å². The van der Waals surface area contributed by atoms with E-state index < -0.39 is 28.1 Å². The van der Waals surface area contributed by atoms with Crippen molar-refractivity contribution in [2.24, 2.45) is 0 Å². The normalized spacial score (nSPS) is 15.9. The average molecular weight is 511 g/mol. The maximum atomic E-state index is 13.6. The number of amides is 1. The summed E-state index contributed by atoms with van der Waals surface area (Å²) in [5.74, 6) is 1.12. The van der Waals surface area contributed by atoms with E-state index in [4.69, 9.17) is 14.2 Å². The van der Waals surface area contributed by atoms with Crippen LogP contribution in [0.4, 0.5) is 5.69 Å². The van der Waals surface area contributed by atoms with Crippen LogP contribution in [0.15, 0.2) is 65.6 Å². The van der Waals surface area contributed by atoms with Crippen molar-refractivity contribution in [1.82, 2.24) is 5.32 Å². The number of ether oxygens (including phenoxy) is 3. The van der Waals surface area contributed by atoms with Crippen LogP contribution in [-0.2, 0) is 14.8 Å². The van der Waals surface area contributed by atoms with Gasteiger partial charge in [-0.3, -0.25) is 9.10 Å². The lowest BCUT2D eigenvalue weighted by Crippen LogP contribution is -2.51. The van der Waals surface area contributed by atoms with Crippen LogP contribution in [0.25, 0.3) is 0 Å². The molecule has 0 aromatic heterocycles. The van der Waals surface area contributed by atoms with Crippen molar-refractivity contribution >= 4 is 21.6 Å². The van der Waals surface area contributed by atoms with Gasteiger partial charge in [-0.25, -0.2) is 8.42 Å². The first-order chi connectivity index (χ1) is 17.1. The third-order valence-corrected chi connectivity index (χ3v) is 7.94. The Kier molecular flexibility index (Phi) is 7.12. The van der Waals surface area contributed by atoms with E-state index in [1.807, 2.05) is 26.8 Å². The van der Waals surface area contributed by atoms with Gasteiger partial charge in [0.2, 0.25) is 0 Å². The van der Waals surface area contributed by atoms with Crippen LogP contribution in [0.1, 0.15) is 29.7 Å². The van der Waals surface area contributed by atoms with Gasteiger partial charge in [0.05, 0.1) is 37.4 Å². The SMILES string of the molecule is COc1ccc(OC)c(C(C)NC(=O)C2CN(S(=O)(=O)c3ccc(C)cc3)c3ccc(C)cc3O2)c1. The third-order valence-electron chi connectivity index (χ3n) is 6.15. The van der Waals surface area contributed by atoms with Crippen molar-refractivity contribution in [2.45, 2.75) is 37.8 Å². The number of fused-ring (bicyclic) bond motifs is 1. The Morgan fingerprint density at radius 1 is 1.00 bits per heavy atom. The molecule has 190 valence electrons. The number of benzene rings is 3. The zero-order valence-electron chi connectivity index (χ0n) is 20.9. The number of hydrogen-bond donors (Lipinski definition) is 1. The molecule has 36 heavy (non-hydrogen) atoms. The Labute approximate surface area is 211 Å². The molecular formula is C27H30N2O6S. The molecule has 0 aliphatic carbocycles. The van der Waals surface area contributed by atoms with Crippen LogP contribution in [0.5, 0.6) is 17.2 Å². The van der Waals surface area contributed by atoms with Gasteiger partial charge in [-0.1, -0.05) is 23.8 Å². The zero-order chi connectivity index (χ0) is 26.0. The molecule has 1 N–H and O–H groups in total. The summed E-state index contributed by atoms with van der Waals surface area (Å²) >= 11 is 0. The standard InChI is InChI=1S/C27H30N2O6S/c1-17-6-10-21(11-7-17)36(31,32)29-16-26(35-25-14-18(2)8-12-23(25)29)27(30)28-19(3)22-15-20(33-4)9-13-24(22)34-5/h6-15,19,26H,16H2,1-5H3,(H,28,30). The molecule has 0 spiro atoms. The molecule has 8 nitrogen and oxygen atoms in total. The van der Waals surface area contributed by atoms with Crippen molar-refractivity contribution in [1.29, 1.82) is 0 Å². The van der Waals surface area contributed by atoms with Gasteiger partial charge in [-0.2, -0.15) is 0 Å². The van der Waals surface area contributed by atoms with Crippen LogP contribution in [0.3, 0.4) is 0 Å². The summed E-state index contributed by atoms with van der Waals surface area (Å²) in [7, 11) is -0.820. The van der Waals surface area contributed by atoms with Crippen molar-refractivity contribution < 1.29 is 27.4 Å². The number of anilines is 1. The highest BCUT2D eigenvalue weighted by Gasteiger charge is 2.38. The smallest absolute Gasteiger partial charge is 0.264 e. The summed E-state index contributed by atoms with van der Waals surface area (Å²) in [6, 6.07) is 16.8. The third kappa shape index (κ3) is 4.97. The van der Waals surface area contributed by atoms with Gasteiger partial charge >= 0.3 is 0 Å². The van der Waals surface area contributed by atoms with E-state index in [1.165, 1.54) is 4.31 Å². The van der Waals surface area contributed by atoms with E-state index in [-0.39, 0.29) is 11.4 Å². The molecule has 1 aliphatic rings. The first kappa shape index (κ1) is 25.4. The molecule has 0 saturated heterocycles. The summed E-state index contributed by atoms with van der Waals surface area (Å²) in [5, 5.41) is 2.94. The predicted octanol–water partition coefficient (Wildman–Crippen LogP) is 4.15. The minimum atomic E-state index is -3.93. The Hall–Kier alpha value is -3.72. The maximum Gasteiger partial charge on any atom is 0.264 e. The molecule has 1 amide bonds. The largest absolute Gasteiger partial charge is 0.497 e. The molecule has 9 heteroatoms. The van der Waals surface area contributed by atoms with Gasteiger partial charge in [0, 0.05) is 5.56 Å². The van der Waals surface area contributed by atoms with Crippen molar-refractivity contribution in [2.75, 3.05) is 25.1 Å². The lowest BCUT2D eigenvalue weighted by molar-refractivity contribution is -0.128. The molecule has 0 radical (unpaired) electrons. The molecule has 1 aliphatic heterocycles. The fourth-order valence-corrected chi connectivity index (χ4v) is 5.60. The number of carbonyl (C=O) groups is 1. The monoisotopic (exact) mass is 510 g/mol. The molecular weight excluding hydrogens is 480 g/mol. The molecule has 0 saturated carbocycles. The molecule has 1 heterocycles. The second-order valence-corrected chi connectivity index (χ2v) is 10.6. The van der Waals surface area contributed by atoms with Crippen molar-refractivity contribution in [3.05, 3.63) is 77.4 Å². The lowest BCUT2D eigenvalue weighted by Gasteiger charge is -2.35. The Morgan fingerprint density at radius 2 is 1.69 bits per heavy atom. The minimum Gasteiger partial charge on any atom is -0.497 e. The number of nitrogens with zero attached hydrogens (tertiary/aromatic N) is 1. The van der Waals surface area contributed by atoms with Crippen LogP contribution in [0, 0.1) is 13.8 Å². The van der Waals surface area contributed by atoms with Gasteiger partial charge in [0.25, 0.3) is 15.9 Å². The topological polar surface area (TPSA) is 94.2 Å². The summed E-state index contributed by atoms with van der Waals surface area (Å²) in [4.78, 5) is 13.5. The van der Waals surface area contributed by atoms with E-state index >= 15 is 0 Å². The quantitative estimate of drug-likeness (QED) is 0.513. The minimum absolute atomic E-state index is 0.148. The van der Waals surface area contributed by atoms with Crippen LogP contribution in [-0.4, -0.2) is 41.2 Å². The van der Waals surface area contributed by atoms with E-state index in [2.05, 4.69) is 5.32 Å². The maximum absolute atomic E-state index is 13.6. The summed E-state index contributed by atoms with van der Waals surface area (Å²) in [6.45, 7) is 5.42. The van der Waals surface area contributed by atoms with Gasteiger partial charge in [0.15, 0.2) is 6.10 Å². The molecule has 0 fully saturated rings. The second kappa shape index (κ2) is 10.1. The number of nitrogens with one attached hydrogen (secondary N) is 1. The highest BCUT2D eigenvalue weighted by molar-refractivity contribution is 7.92. The number of hydrogen-bond acceptors (Lipinski definition) is 6. The van der Waals surface area contributed by atoms with Gasteiger partial charge < -0.3 is 19.5 Å². The molecule has 2 atom stereocenters. The Balaban J connectivity index is 1.65. The number of methoxy groups -OCH3 is 2. The first-order valence-electron chi connectivity index (χ1n) is 11.5.